The lowest BCUT2D eigenvalue weighted by atomic mass is 9.77. The molecule has 0 bridgehead atoms. The van der Waals surface area contributed by atoms with Crippen molar-refractivity contribution in [3.63, 3.8) is 0 Å². The van der Waals surface area contributed by atoms with Crippen molar-refractivity contribution in [2.75, 3.05) is 6.54 Å². The zero-order chi connectivity index (χ0) is 13.2. The number of rotatable bonds is 4. The van der Waals surface area contributed by atoms with E-state index in [2.05, 4.69) is 29.6 Å². The fourth-order valence-electron chi connectivity index (χ4n) is 2.60. The van der Waals surface area contributed by atoms with Gasteiger partial charge in [-0.1, -0.05) is 35.9 Å². The van der Waals surface area contributed by atoms with Crippen LogP contribution in [0.3, 0.4) is 0 Å². The molecule has 0 spiro atoms. The zero-order valence-electron chi connectivity index (χ0n) is 10.5. The standard InChI is InChI=1S/C16H15ClFN/c17-14-5-6-16(18)13(8-14)10-19-9-12-7-11-3-1-2-4-15(11)12/h1-6,8,12,19H,7,9-10H2. The van der Waals surface area contributed by atoms with Gasteiger partial charge >= 0.3 is 0 Å². The smallest absolute Gasteiger partial charge is 0.127 e. The van der Waals surface area contributed by atoms with Crippen LogP contribution in [0.4, 0.5) is 4.39 Å². The van der Waals surface area contributed by atoms with Gasteiger partial charge in [-0.25, -0.2) is 4.39 Å². The molecule has 98 valence electrons. The third-order valence-corrected chi connectivity index (χ3v) is 3.91. The average molecular weight is 276 g/mol. The highest BCUT2D eigenvalue weighted by Crippen LogP contribution is 2.34. The third-order valence-electron chi connectivity index (χ3n) is 3.68. The van der Waals surface area contributed by atoms with Crippen molar-refractivity contribution in [2.45, 2.75) is 18.9 Å². The summed E-state index contributed by atoms with van der Waals surface area (Å²) in [4.78, 5) is 0. The van der Waals surface area contributed by atoms with E-state index < -0.39 is 0 Å². The van der Waals surface area contributed by atoms with Crippen LogP contribution in [0.1, 0.15) is 22.6 Å². The summed E-state index contributed by atoms with van der Waals surface area (Å²) in [5, 5.41) is 3.89. The van der Waals surface area contributed by atoms with E-state index >= 15 is 0 Å². The summed E-state index contributed by atoms with van der Waals surface area (Å²) in [5.74, 6) is 0.351. The minimum atomic E-state index is -0.203. The number of hydrogen-bond acceptors (Lipinski definition) is 1. The van der Waals surface area contributed by atoms with Gasteiger partial charge in [0, 0.05) is 29.6 Å². The van der Waals surface area contributed by atoms with E-state index in [0.717, 1.165) is 13.0 Å². The molecular formula is C16H15ClFN. The number of benzene rings is 2. The quantitative estimate of drug-likeness (QED) is 0.892. The van der Waals surface area contributed by atoms with E-state index in [1.54, 1.807) is 12.1 Å². The first-order valence-corrected chi connectivity index (χ1v) is 6.84. The Bertz CT molecular complexity index is 597. The van der Waals surface area contributed by atoms with Gasteiger partial charge in [-0.05, 0) is 35.7 Å². The Labute approximate surface area is 117 Å². The molecule has 1 unspecified atom stereocenters. The van der Waals surface area contributed by atoms with E-state index in [4.69, 9.17) is 11.6 Å². The summed E-state index contributed by atoms with van der Waals surface area (Å²) in [6.07, 6.45) is 1.11. The number of fused-ring (bicyclic) bond motifs is 1. The Morgan fingerprint density at radius 3 is 2.89 bits per heavy atom. The number of nitrogens with one attached hydrogen (secondary N) is 1. The lowest BCUT2D eigenvalue weighted by molar-refractivity contribution is 0.523. The lowest BCUT2D eigenvalue weighted by Crippen LogP contribution is -2.29. The monoisotopic (exact) mass is 275 g/mol. The summed E-state index contributed by atoms with van der Waals surface area (Å²) in [5.41, 5.74) is 3.48. The van der Waals surface area contributed by atoms with E-state index in [1.807, 2.05) is 0 Å². The molecule has 3 rings (SSSR count). The molecule has 0 saturated heterocycles. The molecule has 0 amide bonds. The topological polar surface area (TPSA) is 12.0 Å². The maximum absolute atomic E-state index is 13.5. The highest BCUT2D eigenvalue weighted by molar-refractivity contribution is 6.30. The van der Waals surface area contributed by atoms with E-state index in [-0.39, 0.29) is 5.82 Å². The van der Waals surface area contributed by atoms with Crippen molar-refractivity contribution in [3.05, 3.63) is 70.0 Å². The molecular weight excluding hydrogens is 261 g/mol. The molecule has 1 aliphatic rings. The maximum Gasteiger partial charge on any atom is 0.127 e. The molecule has 0 radical (unpaired) electrons. The van der Waals surface area contributed by atoms with Crippen LogP contribution in [0.5, 0.6) is 0 Å². The molecule has 1 nitrogen and oxygen atoms in total. The fourth-order valence-corrected chi connectivity index (χ4v) is 2.80. The molecule has 0 aliphatic heterocycles. The summed E-state index contributed by atoms with van der Waals surface area (Å²) < 4.78 is 13.5. The number of hydrogen-bond donors (Lipinski definition) is 1. The molecule has 1 atom stereocenters. The first-order valence-electron chi connectivity index (χ1n) is 6.46. The van der Waals surface area contributed by atoms with Gasteiger partial charge in [0.1, 0.15) is 5.82 Å². The lowest BCUT2D eigenvalue weighted by Gasteiger charge is -2.30. The van der Waals surface area contributed by atoms with Gasteiger partial charge in [0.05, 0.1) is 0 Å². The predicted molar refractivity (Wildman–Crippen MR) is 76.0 cm³/mol. The summed E-state index contributed by atoms with van der Waals surface area (Å²) >= 11 is 5.87. The first-order chi connectivity index (χ1) is 9.24. The fraction of sp³-hybridized carbons (Fsp3) is 0.250. The molecule has 19 heavy (non-hydrogen) atoms. The molecule has 0 aromatic heterocycles. The molecule has 0 heterocycles. The Morgan fingerprint density at radius 2 is 2.05 bits per heavy atom. The first kappa shape index (κ1) is 12.6. The van der Waals surface area contributed by atoms with Gasteiger partial charge in [-0.15, -0.1) is 0 Å². The molecule has 2 aromatic carbocycles. The SMILES string of the molecule is Fc1ccc(Cl)cc1CNCC1Cc2ccccc21. The third kappa shape index (κ3) is 2.65. The van der Waals surface area contributed by atoms with E-state index in [0.29, 0.717) is 23.0 Å². The number of halogens is 2. The minimum Gasteiger partial charge on any atom is -0.312 e. The highest BCUT2D eigenvalue weighted by Gasteiger charge is 2.24. The Morgan fingerprint density at radius 1 is 1.21 bits per heavy atom. The van der Waals surface area contributed by atoms with Crippen LogP contribution < -0.4 is 5.32 Å². The van der Waals surface area contributed by atoms with Gasteiger partial charge in [0.25, 0.3) is 0 Å². The Kier molecular flexibility index (Phi) is 3.54. The van der Waals surface area contributed by atoms with Crippen molar-refractivity contribution >= 4 is 11.6 Å². The van der Waals surface area contributed by atoms with E-state index in [9.17, 15) is 4.39 Å². The van der Waals surface area contributed by atoms with Crippen LogP contribution in [-0.2, 0) is 13.0 Å². The summed E-state index contributed by atoms with van der Waals surface area (Å²) in [6, 6.07) is 13.2. The molecule has 3 heteroatoms. The van der Waals surface area contributed by atoms with Crippen LogP contribution in [0.25, 0.3) is 0 Å². The molecule has 0 saturated carbocycles. The van der Waals surface area contributed by atoms with Crippen LogP contribution >= 0.6 is 11.6 Å². The second-order valence-corrected chi connectivity index (χ2v) is 5.40. The second kappa shape index (κ2) is 5.32. The van der Waals surface area contributed by atoms with Gasteiger partial charge in [0.15, 0.2) is 0 Å². The van der Waals surface area contributed by atoms with E-state index in [1.165, 1.54) is 17.2 Å². The summed E-state index contributed by atoms with van der Waals surface area (Å²) in [6.45, 7) is 1.40. The minimum absolute atomic E-state index is 0.203. The van der Waals surface area contributed by atoms with Crippen LogP contribution in [0.15, 0.2) is 42.5 Å². The van der Waals surface area contributed by atoms with Crippen molar-refractivity contribution in [2.24, 2.45) is 0 Å². The van der Waals surface area contributed by atoms with Crippen LogP contribution in [-0.4, -0.2) is 6.54 Å². The van der Waals surface area contributed by atoms with Crippen molar-refractivity contribution in [1.82, 2.24) is 5.32 Å². The second-order valence-electron chi connectivity index (χ2n) is 4.97. The van der Waals surface area contributed by atoms with Crippen LogP contribution in [0, 0.1) is 5.82 Å². The molecule has 1 N–H and O–H groups in total. The average Bonchev–Trinajstić information content (AvgIpc) is 2.39. The van der Waals surface area contributed by atoms with Crippen molar-refractivity contribution < 1.29 is 4.39 Å². The Balaban J connectivity index is 1.56. The maximum atomic E-state index is 13.5. The van der Waals surface area contributed by atoms with Crippen molar-refractivity contribution in [3.8, 4) is 0 Å². The summed E-state index contributed by atoms with van der Waals surface area (Å²) in [7, 11) is 0. The van der Waals surface area contributed by atoms with Gasteiger partial charge in [-0.2, -0.15) is 0 Å². The van der Waals surface area contributed by atoms with Gasteiger partial charge in [-0.3, -0.25) is 0 Å². The molecule has 0 fully saturated rings. The zero-order valence-corrected chi connectivity index (χ0v) is 11.3. The van der Waals surface area contributed by atoms with Gasteiger partial charge < -0.3 is 5.32 Å². The molecule has 2 aromatic rings. The van der Waals surface area contributed by atoms with Crippen molar-refractivity contribution in [1.29, 1.82) is 0 Å². The van der Waals surface area contributed by atoms with Crippen LogP contribution in [0.2, 0.25) is 5.02 Å². The highest BCUT2D eigenvalue weighted by atomic mass is 35.5. The molecule has 1 aliphatic carbocycles. The Hall–Kier alpha value is -1.38. The van der Waals surface area contributed by atoms with Gasteiger partial charge in [0.2, 0.25) is 0 Å². The predicted octanol–water partition coefficient (Wildman–Crippen LogP) is 3.91. The normalized spacial score (nSPS) is 16.8. The largest absolute Gasteiger partial charge is 0.312 e.